The fourth-order valence-corrected chi connectivity index (χ4v) is 5.05. The monoisotopic (exact) mass is 412 g/mol. The third-order valence-electron chi connectivity index (χ3n) is 5.63. The summed E-state index contributed by atoms with van der Waals surface area (Å²) in [4.78, 5) is 0. The second kappa shape index (κ2) is 11.6. The molecule has 2 rings (SSSR count). The number of hydrogen-bond donors (Lipinski definition) is 0. The molecule has 0 N–H and O–H groups in total. The van der Waals surface area contributed by atoms with Crippen molar-refractivity contribution < 1.29 is 8.85 Å². The summed E-state index contributed by atoms with van der Waals surface area (Å²) >= 11 is 0. The minimum atomic E-state index is -2.15. The van der Waals surface area contributed by atoms with E-state index in [2.05, 4.69) is 88.5 Å². The molecule has 0 aliphatic carbocycles. The second-order valence-corrected chi connectivity index (χ2v) is 12.3. The van der Waals surface area contributed by atoms with Crippen molar-refractivity contribution >= 4 is 8.56 Å². The van der Waals surface area contributed by atoms with E-state index in [1.165, 1.54) is 49.7 Å². The van der Waals surface area contributed by atoms with Crippen LogP contribution in [0.5, 0.6) is 5.75 Å². The van der Waals surface area contributed by atoms with Gasteiger partial charge in [0.25, 0.3) is 0 Å². The zero-order valence-corrected chi connectivity index (χ0v) is 20.2. The predicted molar refractivity (Wildman–Crippen MR) is 127 cm³/mol. The molecule has 3 heteroatoms. The minimum Gasteiger partial charge on any atom is -0.520 e. The first-order chi connectivity index (χ1) is 13.8. The van der Waals surface area contributed by atoms with Crippen molar-refractivity contribution in [2.24, 2.45) is 0 Å². The van der Waals surface area contributed by atoms with Gasteiger partial charge in [-0.15, -0.1) is 0 Å². The van der Waals surface area contributed by atoms with E-state index in [1.54, 1.807) is 0 Å². The van der Waals surface area contributed by atoms with E-state index in [0.717, 1.165) is 18.8 Å². The van der Waals surface area contributed by atoms with Crippen molar-refractivity contribution in [2.45, 2.75) is 84.2 Å². The summed E-state index contributed by atoms with van der Waals surface area (Å²) in [5.74, 6) is 0.911. The van der Waals surface area contributed by atoms with Crippen molar-refractivity contribution in [2.75, 3.05) is 6.61 Å². The molecule has 0 saturated heterocycles. The van der Waals surface area contributed by atoms with Gasteiger partial charge in [-0.1, -0.05) is 102 Å². The van der Waals surface area contributed by atoms with Gasteiger partial charge in [0.2, 0.25) is 0 Å². The van der Waals surface area contributed by atoms with Gasteiger partial charge in [-0.2, -0.15) is 0 Å². The maximum atomic E-state index is 6.25. The summed E-state index contributed by atoms with van der Waals surface area (Å²) in [5, 5.41) is 0. The zero-order chi connectivity index (χ0) is 21.2. The molecule has 0 saturated carbocycles. The van der Waals surface area contributed by atoms with Crippen LogP contribution < -0.4 is 4.43 Å². The van der Waals surface area contributed by atoms with E-state index in [0.29, 0.717) is 0 Å². The van der Waals surface area contributed by atoms with Crippen molar-refractivity contribution in [3.8, 4) is 5.75 Å². The zero-order valence-electron chi connectivity index (χ0n) is 19.2. The van der Waals surface area contributed by atoms with Crippen LogP contribution in [0.25, 0.3) is 0 Å². The summed E-state index contributed by atoms with van der Waals surface area (Å²) < 4.78 is 12.4. The molecule has 0 aromatic heterocycles. The smallest absolute Gasteiger partial charge is 0.392 e. The van der Waals surface area contributed by atoms with Gasteiger partial charge in [0.15, 0.2) is 0 Å². The van der Waals surface area contributed by atoms with Gasteiger partial charge in [0, 0.05) is 12.0 Å². The molecule has 0 fully saturated rings. The first-order valence-corrected chi connectivity index (χ1v) is 14.2. The lowest BCUT2D eigenvalue weighted by Gasteiger charge is -2.27. The summed E-state index contributed by atoms with van der Waals surface area (Å²) in [6, 6.07) is 19.2. The molecule has 0 aliphatic rings. The Morgan fingerprint density at radius 2 is 1.28 bits per heavy atom. The van der Waals surface area contributed by atoms with Crippen molar-refractivity contribution in [1.82, 2.24) is 0 Å². The standard InChI is InChI=1S/C26H40O2Si/c1-6-7-8-9-10-11-15-22-27-29(4,5)28-25-20-18-24(19-21-25)26(2,3)23-16-13-12-14-17-23/h12-14,16-21H,6-11,15,22H2,1-5H3. The molecule has 0 bridgehead atoms. The molecule has 2 aromatic carbocycles. The Morgan fingerprint density at radius 3 is 1.90 bits per heavy atom. The highest BCUT2D eigenvalue weighted by atomic mass is 28.4. The molecule has 2 aromatic rings. The molecule has 0 spiro atoms. The van der Waals surface area contributed by atoms with Crippen LogP contribution in [0.15, 0.2) is 54.6 Å². The lowest BCUT2D eigenvalue weighted by molar-refractivity contribution is 0.240. The number of benzene rings is 2. The van der Waals surface area contributed by atoms with Crippen molar-refractivity contribution in [3.63, 3.8) is 0 Å². The van der Waals surface area contributed by atoms with E-state index in [9.17, 15) is 0 Å². The third-order valence-corrected chi connectivity index (χ3v) is 7.26. The SMILES string of the molecule is CCCCCCCCCO[Si](C)(C)Oc1ccc(C(C)(C)c2ccccc2)cc1. The summed E-state index contributed by atoms with van der Waals surface area (Å²) in [7, 11) is -2.15. The molecule has 0 radical (unpaired) electrons. The molecule has 0 unspecified atom stereocenters. The molecular weight excluding hydrogens is 372 g/mol. The highest BCUT2D eigenvalue weighted by Gasteiger charge is 2.27. The van der Waals surface area contributed by atoms with Crippen molar-refractivity contribution in [1.29, 1.82) is 0 Å². The Morgan fingerprint density at radius 1 is 0.724 bits per heavy atom. The highest BCUT2D eigenvalue weighted by Crippen LogP contribution is 2.32. The molecule has 0 heterocycles. The quantitative estimate of drug-likeness (QED) is 0.246. The topological polar surface area (TPSA) is 18.5 Å². The Hall–Kier alpha value is -1.58. The molecule has 2 nitrogen and oxygen atoms in total. The number of unbranched alkanes of at least 4 members (excludes halogenated alkanes) is 6. The van der Waals surface area contributed by atoms with Gasteiger partial charge in [-0.25, -0.2) is 0 Å². The fourth-order valence-electron chi connectivity index (χ4n) is 3.65. The third kappa shape index (κ3) is 7.98. The Bertz CT molecular complexity index is 692. The van der Waals surface area contributed by atoms with E-state index in [4.69, 9.17) is 8.85 Å². The van der Waals surface area contributed by atoms with Gasteiger partial charge in [0.1, 0.15) is 5.75 Å². The van der Waals surface area contributed by atoms with Crippen LogP contribution in [-0.4, -0.2) is 15.2 Å². The maximum Gasteiger partial charge on any atom is 0.392 e. The Balaban J connectivity index is 1.80. The maximum absolute atomic E-state index is 6.25. The van der Waals surface area contributed by atoms with Crippen LogP contribution in [-0.2, 0) is 9.84 Å². The van der Waals surface area contributed by atoms with Gasteiger partial charge in [-0.3, -0.25) is 0 Å². The van der Waals surface area contributed by atoms with Gasteiger partial charge < -0.3 is 8.85 Å². The first-order valence-electron chi connectivity index (χ1n) is 11.3. The summed E-state index contributed by atoms with van der Waals surface area (Å²) in [5.41, 5.74) is 2.58. The van der Waals surface area contributed by atoms with Crippen molar-refractivity contribution in [3.05, 3.63) is 65.7 Å². The molecule has 0 aliphatic heterocycles. The highest BCUT2D eigenvalue weighted by molar-refractivity contribution is 6.65. The molecular formula is C26H40O2Si. The first kappa shape index (κ1) is 23.7. The van der Waals surface area contributed by atoms with Gasteiger partial charge in [-0.05, 0) is 42.8 Å². The van der Waals surface area contributed by atoms with Crippen LogP contribution in [0.4, 0.5) is 0 Å². The lowest BCUT2D eigenvalue weighted by Crippen LogP contribution is -2.38. The normalized spacial score (nSPS) is 12.2. The molecule has 0 amide bonds. The van der Waals surface area contributed by atoms with Crippen LogP contribution in [0, 0.1) is 0 Å². The van der Waals surface area contributed by atoms with Gasteiger partial charge in [0.05, 0.1) is 0 Å². The van der Waals surface area contributed by atoms with Crippen LogP contribution >= 0.6 is 0 Å². The average Bonchev–Trinajstić information content (AvgIpc) is 2.71. The fraction of sp³-hybridized carbons (Fsp3) is 0.538. The number of rotatable bonds is 13. The van der Waals surface area contributed by atoms with E-state index in [-0.39, 0.29) is 5.41 Å². The lowest BCUT2D eigenvalue weighted by atomic mass is 9.78. The summed E-state index contributed by atoms with van der Waals surface area (Å²) in [6.45, 7) is 11.9. The predicted octanol–water partition coefficient (Wildman–Crippen LogP) is 7.86. The van der Waals surface area contributed by atoms with Crippen LogP contribution in [0.1, 0.15) is 76.8 Å². The molecule has 160 valence electrons. The van der Waals surface area contributed by atoms with E-state index >= 15 is 0 Å². The molecule has 0 atom stereocenters. The minimum absolute atomic E-state index is 0.0274. The molecule has 29 heavy (non-hydrogen) atoms. The van der Waals surface area contributed by atoms with E-state index in [1.807, 2.05) is 0 Å². The van der Waals surface area contributed by atoms with Crippen LogP contribution in [0.2, 0.25) is 13.1 Å². The second-order valence-electron chi connectivity index (χ2n) is 8.99. The Kier molecular flexibility index (Phi) is 9.45. The average molecular weight is 413 g/mol. The number of hydrogen-bond acceptors (Lipinski definition) is 2. The Labute approximate surface area is 179 Å². The summed E-state index contributed by atoms with van der Waals surface area (Å²) in [6.07, 6.45) is 9.13. The van der Waals surface area contributed by atoms with Crippen LogP contribution in [0.3, 0.4) is 0 Å². The largest absolute Gasteiger partial charge is 0.520 e. The van der Waals surface area contributed by atoms with E-state index < -0.39 is 8.56 Å². The van der Waals surface area contributed by atoms with Gasteiger partial charge >= 0.3 is 8.56 Å².